The van der Waals surface area contributed by atoms with Crippen molar-refractivity contribution in [3.05, 3.63) is 53.6 Å². The Morgan fingerprint density at radius 3 is 2.41 bits per heavy atom. The molecule has 0 saturated carbocycles. The third kappa shape index (κ3) is 2.43. The van der Waals surface area contributed by atoms with Gasteiger partial charge < -0.3 is 15.3 Å². The molecule has 17 heavy (non-hydrogen) atoms. The van der Waals surface area contributed by atoms with Gasteiger partial charge in [-0.1, -0.05) is 30.3 Å². The van der Waals surface area contributed by atoms with Gasteiger partial charge >= 0.3 is 0 Å². The van der Waals surface area contributed by atoms with Crippen molar-refractivity contribution in [1.82, 2.24) is 0 Å². The maximum absolute atomic E-state index is 11.6. The van der Waals surface area contributed by atoms with Crippen LogP contribution in [0, 0.1) is 0 Å². The molecule has 1 aliphatic carbocycles. The number of rotatable bonds is 1. The molecule has 1 aromatic carbocycles. The van der Waals surface area contributed by atoms with Crippen molar-refractivity contribution < 1.29 is 20.1 Å². The SMILES string of the molecule is O=C1CC(O)(O)C=CC1=C(O)c1ccccc1. The Hall–Kier alpha value is -1.91. The van der Waals surface area contributed by atoms with E-state index in [0.717, 1.165) is 6.08 Å². The van der Waals surface area contributed by atoms with Crippen molar-refractivity contribution in [2.24, 2.45) is 0 Å². The van der Waals surface area contributed by atoms with Crippen molar-refractivity contribution >= 4 is 11.5 Å². The Balaban J connectivity index is 2.44. The Morgan fingerprint density at radius 2 is 1.82 bits per heavy atom. The van der Waals surface area contributed by atoms with Crippen LogP contribution in [0.25, 0.3) is 5.76 Å². The van der Waals surface area contributed by atoms with Gasteiger partial charge in [0.2, 0.25) is 0 Å². The first-order valence-corrected chi connectivity index (χ1v) is 5.15. The summed E-state index contributed by atoms with van der Waals surface area (Å²) >= 11 is 0. The minimum absolute atomic E-state index is 0.0925. The summed E-state index contributed by atoms with van der Waals surface area (Å²) in [4.78, 5) is 11.6. The summed E-state index contributed by atoms with van der Waals surface area (Å²) in [5.41, 5.74) is 0.610. The van der Waals surface area contributed by atoms with Crippen molar-refractivity contribution in [3.8, 4) is 0 Å². The second-order valence-corrected chi connectivity index (χ2v) is 3.94. The first kappa shape index (κ1) is 11.6. The Bertz CT molecular complexity index is 497. The maximum atomic E-state index is 11.6. The van der Waals surface area contributed by atoms with Crippen LogP contribution in [0.2, 0.25) is 0 Å². The van der Waals surface area contributed by atoms with Crippen LogP contribution >= 0.6 is 0 Å². The van der Waals surface area contributed by atoms with Gasteiger partial charge in [-0.15, -0.1) is 0 Å². The van der Waals surface area contributed by atoms with Crippen molar-refractivity contribution in [1.29, 1.82) is 0 Å². The highest BCUT2D eigenvalue weighted by atomic mass is 16.5. The van der Waals surface area contributed by atoms with E-state index in [1.54, 1.807) is 30.3 Å². The lowest BCUT2D eigenvalue weighted by atomic mass is 9.93. The Labute approximate surface area is 98.1 Å². The molecule has 0 unspecified atom stereocenters. The first-order valence-electron chi connectivity index (χ1n) is 5.15. The molecule has 0 amide bonds. The zero-order valence-corrected chi connectivity index (χ0v) is 9.00. The van der Waals surface area contributed by atoms with E-state index in [4.69, 9.17) is 0 Å². The largest absolute Gasteiger partial charge is 0.507 e. The summed E-state index contributed by atoms with van der Waals surface area (Å²) in [5, 5.41) is 28.4. The molecule has 0 heterocycles. The van der Waals surface area contributed by atoms with E-state index in [1.165, 1.54) is 6.08 Å². The van der Waals surface area contributed by atoms with Gasteiger partial charge in [0.15, 0.2) is 11.6 Å². The molecule has 88 valence electrons. The number of aliphatic hydroxyl groups is 3. The van der Waals surface area contributed by atoms with Crippen LogP contribution in [0.4, 0.5) is 0 Å². The molecular formula is C13H12O4. The monoisotopic (exact) mass is 232 g/mol. The van der Waals surface area contributed by atoms with Gasteiger partial charge in [-0.25, -0.2) is 0 Å². The highest BCUT2D eigenvalue weighted by Crippen LogP contribution is 2.25. The smallest absolute Gasteiger partial charge is 0.190 e. The first-order chi connectivity index (χ1) is 7.99. The standard InChI is InChI=1S/C13H12O4/c14-11-8-13(16,17)7-6-10(11)12(15)9-4-2-1-3-5-9/h1-7,15-17H,8H2. The number of allylic oxidation sites excluding steroid dienone is 2. The van der Waals surface area contributed by atoms with Crippen molar-refractivity contribution in [3.63, 3.8) is 0 Å². The third-order valence-corrected chi connectivity index (χ3v) is 2.54. The maximum Gasteiger partial charge on any atom is 0.190 e. The number of ketones is 1. The molecule has 0 fully saturated rings. The molecule has 3 N–H and O–H groups in total. The normalized spacial score (nSPS) is 21.4. The van der Waals surface area contributed by atoms with Gasteiger partial charge in [0.25, 0.3) is 0 Å². The Kier molecular flexibility index (Phi) is 2.83. The van der Waals surface area contributed by atoms with E-state index < -0.39 is 18.0 Å². The van der Waals surface area contributed by atoms with E-state index in [0.29, 0.717) is 5.56 Å². The zero-order valence-electron chi connectivity index (χ0n) is 9.00. The zero-order chi connectivity index (χ0) is 12.5. The molecule has 1 aromatic rings. The molecule has 0 aromatic heterocycles. The fraction of sp³-hybridized carbons (Fsp3) is 0.154. The van der Waals surface area contributed by atoms with Crippen LogP contribution in [0.5, 0.6) is 0 Å². The van der Waals surface area contributed by atoms with Gasteiger partial charge in [0.1, 0.15) is 5.76 Å². The molecule has 0 aliphatic heterocycles. The Morgan fingerprint density at radius 1 is 1.18 bits per heavy atom. The molecule has 4 heteroatoms. The lowest BCUT2D eigenvalue weighted by Gasteiger charge is -2.21. The average Bonchev–Trinajstić information content (AvgIpc) is 2.28. The van der Waals surface area contributed by atoms with Crippen molar-refractivity contribution in [2.45, 2.75) is 12.2 Å². The van der Waals surface area contributed by atoms with Gasteiger partial charge in [0.05, 0.1) is 12.0 Å². The van der Waals surface area contributed by atoms with E-state index >= 15 is 0 Å². The predicted octanol–water partition coefficient (Wildman–Crippen LogP) is 1.17. The highest BCUT2D eigenvalue weighted by Gasteiger charge is 2.30. The molecule has 0 radical (unpaired) electrons. The van der Waals surface area contributed by atoms with E-state index in [2.05, 4.69) is 0 Å². The quantitative estimate of drug-likeness (QED) is 0.386. The minimum atomic E-state index is -2.11. The average molecular weight is 232 g/mol. The third-order valence-electron chi connectivity index (χ3n) is 2.54. The van der Waals surface area contributed by atoms with Gasteiger partial charge in [-0.05, 0) is 12.2 Å². The number of hydrogen-bond acceptors (Lipinski definition) is 4. The van der Waals surface area contributed by atoms with Crippen LogP contribution < -0.4 is 0 Å². The second-order valence-electron chi connectivity index (χ2n) is 3.94. The molecule has 0 spiro atoms. The van der Waals surface area contributed by atoms with Gasteiger partial charge in [-0.3, -0.25) is 4.79 Å². The summed E-state index contributed by atoms with van der Waals surface area (Å²) in [6.07, 6.45) is 1.87. The number of hydrogen-bond donors (Lipinski definition) is 3. The van der Waals surface area contributed by atoms with Crippen LogP contribution in [0.3, 0.4) is 0 Å². The molecular weight excluding hydrogens is 220 g/mol. The van der Waals surface area contributed by atoms with E-state index in [9.17, 15) is 20.1 Å². The van der Waals surface area contributed by atoms with E-state index in [-0.39, 0.29) is 11.3 Å². The lowest BCUT2D eigenvalue weighted by Crippen LogP contribution is -2.32. The summed E-state index contributed by atoms with van der Waals surface area (Å²) < 4.78 is 0. The molecule has 0 atom stereocenters. The molecule has 1 aliphatic rings. The number of Topliss-reactive ketones (excluding diaryl/α,β-unsaturated/α-hetero) is 1. The topological polar surface area (TPSA) is 77.8 Å². The fourth-order valence-electron chi connectivity index (χ4n) is 1.66. The summed E-state index contributed by atoms with van der Waals surface area (Å²) in [6, 6.07) is 8.62. The number of benzene rings is 1. The lowest BCUT2D eigenvalue weighted by molar-refractivity contribution is -0.144. The molecule has 0 bridgehead atoms. The van der Waals surface area contributed by atoms with Crippen LogP contribution in [0.15, 0.2) is 48.1 Å². The number of carbonyl (C=O) groups is 1. The number of aliphatic hydroxyl groups excluding tert-OH is 1. The molecule has 0 saturated heterocycles. The highest BCUT2D eigenvalue weighted by molar-refractivity contribution is 6.05. The second kappa shape index (κ2) is 4.16. The molecule has 2 rings (SSSR count). The summed E-state index contributed by atoms with van der Waals surface area (Å²) in [7, 11) is 0. The fourth-order valence-corrected chi connectivity index (χ4v) is 1.66. The van der Waals surface area contributed by atoms with Crippen LogP contribution in [0.1, 0.15) is 12.0 Å². The summed E-state index contributed by atoms with van der Waals surface area (Å²) in [5.74, 6) is -2.77. The van der Waals surface area contributed by atoms with Gasteiger partial charge in [0, 0.05) is 5.56 Å². The van der Waals surface area contributed by atoms with Crippen LogP contribution in [-0.2, 0) is 4.79 Å². The molecule has 4 nitrogen and oxygen atoms in total. The summed E-state index contributed by atoms with van der Waals surface area (Å²) in [6.45, 7) is 0. The minimum Gasteiger partial charge on any atom is -0.507 e. The number of carbonyl (C=O) groups excluding carboxylic acids is 1. The van der Waals surface area contributed by atoms with Crippen molar-refractivity contribution in [2.75, 3.05) is 0 Å². The predicted molar refractivity (Wildman–Crippen MR) is 61.9 cm³/mol. The van der Waals surface area contributed by atoms with E-state index in [1.807, 2.05) is 0 Å². The van der Waals surface area contributed by atoms with Crippen LogP contribution in [-0.4, -0.2) is 26.9 Å². The van der Waals surface area contributed by atoms with Gasteiger partial charge in [-0.2, -0.15) is 0 Å².